The molecule has 0 atom stereocenters. The molecule has 2 aromatic rings. The van der Waals surface area contributed by atoms with Crippen LogP contribution < -0.4 is 10.6 Å². The Morgan fingerprint density at radius 1 is 1.20 bits per heavy atom. The third kappa shape index (κ3) is 4.48. The van der Waals surface area contributed by atoms with Gasteiger partial charge in [0.15, 0.2) is 0 Å². The Bertz CT molecular complexity index is 767. The Morgan fingerprint density at radius 2 is 2.04 bits per heavy atom. The average molecular weight is 356 g/mol. The number of anilines is 1. The summed E-state index contributed by atoms with van der Waals surface area (Å²) in [5.74, 6) is 0.0217. The van der Waals surface area contributed by atoms with Gasteiger partial charge in [-0.05, 0) is 55.4 Å². The number of rotatable bonds is 6. The minimum atomic E-state index is -0.000165. The Kier molecular flexibility index (Phi) is 5.87. The van der Waals surface area contributed by atoms with Crippen LogP contribution in [0.25, 0.3) is 0 Å². The molecule has 0 saturated carbocycles. The van der Waals surface area contributed by atoms with Crippen LogP contribution in [0.15, 0.2) is 29.6 Å². The minimum absolute atomic E-state index is 0.000165. The van der Waals surface area contributed by atoms with Crippen molar-refractivity contribution in [2.45, 2.75) is 52.0 Å². The van der Waals surface area contributed by atoms with Gasteiger partial charge in [-0.2, -0.15) is 0 Å². The van der Waals surface area contributed by atoms with Crippen LogP contribution in [-0.4, -0.2) is 11.8 Å². The van der Waals surface area contributed by atoms with E-state index in [0.717, 1.165) is 36.1 Å². The number of hydrogen-bond donors (Lipinski definition) is 2. The Labute approximate surface area is 152 Å². The van der Waals surface area contributed by atoms with Crippen molar-refractivity contribution in [1.29, 1.82) is 0 Å². The lowest BCUT2D eigenvalue weighted by Crippen LogP contribution is -2.24. The van der Waals surface area contributed by atoms with E-state index in [-0.39, 0.29) is 11.8 Å². The molecule has 1 heterocycles. The largest absolute Gasteiger partial charge is 0.348 e. The molecule has 3 rings (SSSR count). The fraction of sp³-hybridized carbons (Fsp3) is 0.400. The van der Waals surface area contributed by atoms with Crippen molar-refractivity contribution in [3.63, 3.8) is 0 Å². The third-order valence-corrected chi connectivity index (χ3v) is 5.54. The first-order valence-corrected chi connectivity index (χ1v) is 9.81. The zero-order valence-electron chi connectivity index (χ0n) is 14.6. The Hall–Kier alpha value is -2.14. The molecule has 1 aromatic carbocycles. The van der Waals surface area contributed by atoms with Crippen molar-refractivity contribution in [2.75, 3.05) is 5.32 Å². The van der Waals surface area contributed by atoms with Crippen LogP contribution in [0.3, 0.4) is 0 Å². The standard InChI is InChI=1S/C20H24N2O2S/c1-2-6-19(23)22-15-8-5-7-14(11-15)12-21-20(24)17-13-25-18-10-4-3-9-16(17)18/h5,7-8,11,13H,2-4,6,9-10,12H2,1H3,(H,21,24)(H,22,23). The molecular weight excluding hydrogens is 332 g/mol. The van der Waals surface area contributed by atoms with Crippen molar-refractivity contribution < 1.29 is 9.59 Å². The maximum absolute atomic E-state index is 12.5. The van der Waals surface area contributed by atoms with Gasteiger partial charge in [0, 0.05) is 28.9 Å². The van der Waals surface area contributed by atoms with E-state index in [2.05, 4.69) is 10.6 Å². The van der Waals surface area contributed by atoms with Crippen molar-refractivity contribution in [2.24, 2.45) is 0 Å². The van der Waals surface area contributed by atoms with Gasteiger partial charge in [0.2, 0.25) is 5.91 Å². The highest BCUT2D eigenvalue weighted by Gasteiger charge is 2.19. The molecule has 0 radical (unpaired) electrons. The zero-order valence-corrected chi connectivity index (χ0v) is 15.4. The van der Waals surface area contributed by atoms with Crippen molar-refractivity contribution >= 4 is 28.8 Å². The van der Waals surface area contributed by atoms with Crippen LogP contribution in [0.2, 0.25) is 0 Å². The molecule has 0 fully saturated rings. The minimum Gasteiger partial charge on any atom is -0.348 e. The molecule has 0 spiro atoms. The molecular formula is C20H24N2O2S. The van der Waals surface area contributed by atoms with Crippen molar-refractivity contribution in [3.8, 4) is 0 Å². The van der Waals surface area contributed by atoms with E-state index in [4.69, 9.17) is 0 Å². The summed E-state index contributed by atoms with van der Waals surface area (Å²) in [4.78, 5) is 25.6. The van der Waals surface area contributed by atoms with Crippen LogP contribution >= 0.6 is 11.3 Å². The predicted molar refractivity (Wildman–Crippen MR) is 102 cm³/mol. The SMILES string of the molecule is CCCC(=O)Nc1cccc(CNC(=O)c2csc3c2CCCC3)c1. The van der Waals surface area contributed by atoms with Gasteiger partial charge < -0.3 is 10.6 Å². The number of carbonyl (C=O) groups is 2. The molecule has 0 bridgehead atoms. The summed E-state index contributed by atoms with van der Waals surface area (Å²) >= 11 is 1.71. The zero-order chi connectivity index (χ0) is 17.6. The first-order valence-electron chi connectivity index (χ1n) is 8.93. The van der Waals surface area contributed by atoms with Crippen LogP contribution in [0, 0.1) is 0 Å². The average Bonchev–Trinajstić information content (AvgIpc) is 3.04. The first-order chi connectivity index (χ1) is 12.2. The molecule has 0 aliphatic heterocycles. The lowest BCUT2D eigenvalue weighted by molar-refractivity contribution is -0.116. The fourth-order valence-corrected chi connectivity index (χ4v) is 4.30. The lowest BCUT2D eigenvalue weighted by Gasteiger charge is -2.13. The molecule has 0 unspecified atom stereocenters. The lowest BCUT2D eigenvalue weighted by atomic mass is 9.95. The molecule has 25 heavy (non-hydrogen) atoms. The topological polar surface area (TPSA) is 58.2 Å². The highest BCUT2D eigenvalue weighted by molar-refractivity contribution is 7.10. The fourth-order valence-electron chi connectivity index (χ4n) is 3.17. The number of amides is 2. The second-order valence-corrected chi connectivity index (χ2v) is 7.40. The van der Waals surface area contributed by atoms with E-state index in [0.29, 0.717) is 13.0 Å². The molecule has 4 nitrogen and oxygen atoms in total. The summed E-state index contributed by atoms with van der Waals surface area (Å²) in [6.07, 6.45) is 5.86. The van der Waals surface area contributed by atoms with E-state index < -0.39 is 0 Å². The quantitative estimate of drug-likeness (QED) is 0.811. The molecule has 0 saturated heterocycles. The van der Waals surface area contributed by atoms with E-state index in [1.54, 1.807) is 11.3 Å². The van der Waals surface area contributed by atoms with Gasteiger partial charge in [0.25, 0.3) is 5.91 Å². The second-order valence-electron chi connectivity index (χ2n) is 6.44. The van der Waals surface area contributed by atoms with Crippen molar-refractivity contribution in [3.05, 3.63) is 51.2 Å². The van der Waals surface area contributed by atoms with Crippen LogP contribution in [0.5, 0.6) is 0 Å². The van der Waals surface area contributed by atoms with Gasteiger partial charge in [0.05, 0.1) is 5.56 Å². The van der Waals surface area contributed by atoms with Gasteiger partial charge in [-0.15, -0.1) is 11.3 Å². The highest BCUT2D eigenvalue weighted by Crippen LogP contribution is 2.30. The highest BCUT2D eigenvalue weighted by atomic mass is 32.1. The predicted octanol–water partition coefficient (Wildman–Crippen LogP) is 4.30. The number of fused-ring (bicyclic) bond motifs is 1. The molecule has 132 valence electrons. The summed E-state index contributed by atoms with van der Waals surface area (Å²) in [7, 11) is 0. The number of carbonyl (C=O) groups excluding carboxylic acids is 2. The summed E-state index contributed by atoms with van der Waals surface area (Å²) in [6, 6.07) is 7.64. The third-order valence-electron chi connectivity index (χ3n) is 4.45. The van der Waals surface area contributed by atoms with E-state index in [1.165, 1.54) is 23.3 Å². The second kappa shape index (κ2) is 8.30. The van der Waals surface area contributed by atoms with Gasteiger partial charge >= 0.3 is 0 Å². The summed E-state index contributed by atoms with van der Waals surface area (Å²) < 4.78 is 0. The maximum Gasteiger partial charge on any atom is 0.252 e. The first kappa shape index (κ1) is 17.7. The van der Waals surface area contributed by atoms with Gasteiger partial charge in [0.1, 0.15) is 0 Å². The van der Waals surface area contributed by atoms with Crippen LogP contribution in [0.1, 0.15) is 59.0 Å². The normalized spacial score (nSPS) is 13.2. The molecule has 1 aromatic heterocycles. The number of nitrogens with one attached hydrogen (secondary N) is 2. The smallest absolute Gasteiger partial charge is 0.252 e. The van der Waals surface area contributed by atoms with Gasteiger partial charge in [-0.1, -0.05) is 19.1 Å². The van der Waals surface area contributed by atoms with E-state index in [1.807, 2.05) is 36.6 Å². The molecule has 5 heteroatoms. The number of thiophene rings is 1. The monoisotopic (exact) mass is 356 g/mol. The van der Waals surface area contributed by atoms with Gasteiger partial charge in [-0.25, -0.2) is 0 Å². The molecule has 1 aliphatic rings. The van der Waals surface area contributed by atoms with E-state index >= 15 is 0 Å². The summed E-state index contributed by atoms with van der Waals surface area (Å²) in [5, 5.41) is 7.89. The number of hydrogen-bond acceptors (Lipinski definition) is 3. The maximum atomic E-state index is 12.5. The Balaban J connectivity index is 1.61. The number of aryl methyl sites for hydroxylation is 1. The summed E-state index contributed by atoms with van der Waals surface area (Å²) in [5.41, 5.74) is 3.84. The molecule has 1 aliphatic carbocycles. The Morgan fingerprint density at radius 3 is 2.88 bits per heavy atom. The van der Waals surface area contributed by atoms with Crippen molar-refractivity contribution in [1.82, 2.24) is 5.32 Å². The van der Waals surface area contributed by atoms with Crippen LogP contribution in [0.4, 0.5) is 5.69 Å². The number of benzene rings is 1. The van der Waals surface area contributed by atoms with Gasteiger partial charge in [-0.3, -0.25) is 9.59 Å². The molecule has 2 amide bonds. The molecule has 2 N–H and O–H groups in total. The van der Waals surface area contributed by atoms with Crippen LogP contribution in [-0.2, 0) is 24.2 Å². The van der Waals surface area contributed by atoms with E-state index in [9.17, 15) is 9.59 Å². The summed E-state index contributed by atoms with van der Waals surface area (Å²) in [6.45, 7) is 2.44.